The van der Waals surface area contributed by atoms with Crippen LogP contribution in [-0.2, 0) is 11.8 Å². The number of para-hydroxylation sites is 1. The van der Waals surface area contributed by atoms with E-state index in [4.69, 9.17) is 4.42 Å². The Balaban J connectivity index is 0.000000160. The first-order valence-electron chi connectivity index (χ1n) is 23.8. The first-order chi connectivity index (χ1) is 31.1. The number of hydrogen-bond donors (Lipinski definition) is 0. The summed E-state index contributed by atoms with van der Waals surface area (Å²) in [6.07, 6.45) is 1.14. The maximum atomic E-state index is 5.79. The van der Waals surface area contributed by atoms with Crippen molar-refractivity contribution in [1.82, 2.24) is 0 Å². The van der Waals surface area contributed by atoms with Crippen molar-refractivity contribution in [3.63, 3.8) is 0 Å². The van der Waals surface area contributed by atoms with Gasteiger partial charge in [0.1, 0.15) is 11.2 Å². The van der Waals surface area contributed by atoms with Gasteiger partial charge in [0.15, 0.2) is 0 Å². The predicted octanol–water partition coefficient (Wildman–Crippen LogP) is 19.0. The van der Waals surface area contributed by atoms with Crippen LogP contribution in [0.4, 0.5) is 0 Å². The molecule has 0 N–H and O–H groups in total. The summed E-state index contributed by atoms with van der Waals surface area (Å²) in [6.45, 7) is 32.4. The molecule has 0 atom stereocenters. The largest absolute Gasteiger partial charge is 0.456 e. The van der Waals surface area contributed by atoms with Crippen LogP contribution < -0.4 is 0 Å². The van der Waals surface area contributed by atoms with Gasteiger partial charge in [0.2, 0.25) is 0 Å². The number of furan rings is 1. The van der Waals surface area contributed by atoms with E-state index < -0.39 is 0 Å². The fourth-order valence-electron chi connectivity index (χ4n) is 8.33. The molecule has 8 aromatic carbocycles. The molecule has 0 amide bonds. The monoisotopic (exact) mass is 859 g/mol. The van der Waals surface area contributed by atoms with Crippen molar-refractivity contribution >= 4 is 32.7 Å². The minimum Gasteiger partial charge on any atom is -0.456 e. The highest BCUT2D eigenvalue weighted by Crippen LogP contribution is 2.52. The Morgan fingerprint density at radius 3 is 1.51 bits per heavy atom. The first-order valence-corrected chi connectivity index (χ1v) is 23.8. The molecule has 1 aliphatic rings. The number of rotatable bonds is 2. The lowest BCUT2D eigenvalue weighted by atomic mass is 9.81. The normalized spacial score (nSPS) is 11.6. The molecule has 1 nitrogen and oxygen atoms in total. The summed E-state index contributed by atoms with van der Waals surface area (Å²) in [5.74, 6) is 0.554. The van der Waals surface area contributed by atoms with Crippen molar-refractivity contribution in [2.24, 2.45) is 0 Å². The molecule has 0 fully saturated rings. The van der Waals surface area contributed by atoms with Gasteiger partial charge >= 0.3 is 0 Å². The van der Waals surface area contributed by atoms with E-state index in [2.05, 4.69) is 236 Å². The Labute approximate surface area is 392 Å². The molecular formula is C64H74O. The van der Waals surface area contributed by atoms with Crippen LogP contribution in [-0.4, -0.2) is 0 Å². The van der Waals surface area contributed by atoms with Crippen molar-refractivity contribution in [2.45, 2.75) is 122 Å². The molecule has 0 radical (unpaired) electrons. The van der Waals surface area contributed by atoms with E-state index in [1.807, 2.05) is 26.0 Å². The van der Waals surface area contributed by atoms with Gasteiger partial charge in [0, 0.05) is 16.2 Å². The Hall–Kier alpha value is -6.18. The maximum Gasteiger partial charge on any atom is 0.135 e. The average molecular weight is 859 g/mol. The fraction of sp³-hybridized carbons (Fsp3) is 0.281. The van der Waals surface area contributed by atoms with Gasteiger partial charge in [-0.05, 0) is 147 Å². The Morgan fingerprint density at radius 2 is 0.938 bits per heavy atom. The molecule has 0 saturated heterocycles. The third-order valence-corrected chi connectivity index (χ3v) is 12.5. The topological polar surface area (TPSA) is 13.1 Å². The van der Waals surface area contributed by atoms with Crippen molar-refractivity contribution in [1.29, 1.82) is 0 Å². The van der Waals surface area contributed by atoms with Crippen molar-refractivity contribution in [3.8, 4) is 11.1 Å². The van der Waals surface area contributed by atoms with Crippen LogP contribution in [0.1, 0.15) is 121 Å². The number of benzene rings is 8. The van der Waals surface area contributed by atoms with Gasteiger partial charge in [-0.25, -0.2) is 0 Å². The van der Waals surface area contributed by atoms with Crippen LogP contribution in [0.2, 0.25) is 0 Å². The second-order valence-corrected chi connectivity index (χ2v) is 18.4. The highest BCUT2D eigenvalue weighted by atomic mass is 16.3. The van der Waals surface area contributed by atoms with Gasteiger partial charge < -0.3 is 4.42 Å². The molecule has 0 aliphatic heterocycles. The molecule has 1 heteroatoms. The van der Waals surface area contributed by atoms with Gasteiger partial charge in [0.05, 0.1) is 0 Å². The molecule has 1 heterocycles. The van der Waals surface area contributed by atoms with E-state index in [0.29, 0.717) is 5.92 Å². The highest BCUT2D eigenvalue weighted by molar-refractivity contribution is 6.05. The molecule has 1 aliphatic carbocycles. The van der Waals surface area contributed by atoms with Crippen LogP contribution in [0.3, 0.4) is 0 Å². The van der Waals surface area contributed by atoms with Crippen LogP contribution in [0.25, 0.3) is 43.8 Å². The number of fused-ring (bicyclic) bond motifs is 8. The maximum absolute atomic E-state index is 5.79. The molecule has 65 heavy (non-hydrogen) atoms. The van der Waals surface area contributed by atoms with Crippen LogP contribution >= 0.6 is 0 Å². The Bertz CT molecular complexity index is 2910. The van der Waals surface area contributed by atoms with E-state index in [1.54, 1.807) is 0 Å². The fourth-order valence-corrected chi connectivity index (χ4v) is 8.33. The zero-order valence-electron chi connectivity index (χ0n) is 42.2. The lowest BCUT2D eigenvalue weighted by molar-refractivity contribution is 0.659. The van der Waals surface area contributed by atoms with Crippen molar-refractivity contribution in [3.05, 3.63) is 224 Å². The zero-order chi connectivity index (χ0) is 47.4. The molecule has 9 aromatic rings. The molecule has 336 valence electrons. The summed E-state index contributed by atoms with van der Waals surface area (Å²) >= 11 is 0. The number of hydrogen-bond acceptors (Lipinski definition) is 1. The summed E-state index contributed by atoms with van der Waals surface area (Å²) in [5.41, 5.74) is 21.4. The van der Waals surface area contributed by atoms with Gasteiger partial charge in [-0.15, -0.1) is 0 Å². The molecule has 1 aromatic heterocycles. The van der Waals surface area contributed by atoms with Crippen LogP contribution in [0.15, 0.2) is 162 Å². The molecule has 0 bridgehead atoms. The Morgan fingerprint density at radius 1 is 0.431 bits per heavy atom. The lowest BCUT2D eigenvalue weighted by Gasteiger charge is -2.22. The quantitative estimate of drug-likeness (QED) is 0.169. The smallest absolute Gasteiger partial charge is 0.135 e. The summed E-state index contributed by atoms with van der Waals surface area (Å²) in [5, 5.41) is 5.20. The van der Waals surface area contributed by atoms with Crippen LogP contribution in [0.5, 0.6) is 0 Å². The van der Waals surface area contributed by atoms with Gasteiger partial charge in [-0.2, -0.15) is 0 Å². The number of aryl methyl sites for hydroxylation is 9. The standard InChI is InChI=1S/C21H20.C15H14O.2C9H12.C8H10.C2H6/c1-13-9-10-17-18(11-13)21(3,4)19-12-14(2)15-7-5-6-8-16(15)20(17)19;1-10(2)11-7-8-15-13(9-11)12-5-3-4-6-14(12)16-15;1-7-4-5-8(2)9(3)6-7;1-3-9-6-4-8(2)5-7-9;1-7-3-5-8(2)6-4-7;1-2/h5-12H,1-4H3;3-10H,1-2H3;4-6H,1-3H3;4-7H,3H2,1-2H3;3-6H,1-2H3;1-2H3. The highest BCUT2D eigenvalue weighted by Gasteiger charge is 2.36. The van der Waals surface area contributed by atoms with Crippen LogP contribution in [0, 0.1) is 55.4 Å². The SMILES string of the molecule is CC.CC(C)c1ccc2oc3ccccc3c2c1.CCc1ccc(C)cc1.Cc1ccc(C)c(C)c1.Cc1ccc(C)cc1.Cc1ccc2c(c1)C(C)(C)c1cc(C)c3ccccc3c1-2. The van der Waals surface area contributed by atoms with E-state index >= 15 is 0 Å². The molecular weight excluding hydrogens is 785 g/mol. The lowest BCUT2D eigenvalue weighted by Crippen LogP contribution is -2.15. The first kappa shape index (κ1) is 49.8. The van der Waals surface area contributed by atoms with Gasteiger partial charge in [0.25, 0.3) is 0 Å². The van der Waals surface area contributed by atoms with E-state index in [-0.39, 0.29) is 5.41 Å². The minimum absolute atomic E-state index is 0.0888. The predicted molar refractivity (Wildman–Crippen MR) is 287 cm³/mol. The molecule has 0 unspecified atom stereocenters. The third kappa shape index (κ3) is 12.3. The van der Waals surface area contributed by atoms with E-state index in [1.165, 1.54) is 99.4 Å². The third-order valence-electron chi connectivity index (χ3n) is 12.5. The van der Waals surface area contributed by atoms with Gasteiger partial charge in [-0.3, -0.25) is 0 Å². The molecule has 10 rings (SSSR count). The summed E-state index contributed by atoms with van der Waals surface area (Å²) < 4.78 is 5.79. The van der Waals surface area contributed by atoms with Crippen molar-refractivity contribution in [2.75, 3.05) is 0 Å². The minimum atomic E-state index is 0.0888. The summed E-state index contributed by atoms with van der Waals surface area (Å²) in [7, 11) is 0. The second-order valence-electron chi connectivity index (χ2n) is 18.4. The Kier molecular flexibility index (Phi) is 17.3. The zero-order valence-corrected chi connectivity index (χ0v) is 42.2. The second kappa shape index (κ2) is 22.6. The van der Waals surface area contributed by atoms with E-state index in [0.717, 1.165) is 17.6 Å². The van der Waals surface area contributed by atoms with Crippen molar-refractivity contribution < 1.29 is 4.42 Å². The summed E-state index contributed by atoms with van der Waals surface area (Å²) in [4.78, 5) is 0. The average Bonchev–Trinajstić information content (AvgIpc) is 3.79. The molecule has 0 saturated carbocycles. The van der Waals surface area contributed by atoms with Gasteiger partial charge in [-0.1, -0.05) is 216 Å². The van der Waals surface area contributed by atoms with E-state index in [9.17, 15) is 0 Å². The molecule has 0 spiro atoms. The summed E-state index contributed by atoms with van der Waals surface area (Å²) in [6, 6.07) is 56.4.